The van der Waals surface area contributed by atoms with Crippen LogP contribution < -0.4 is 0 Å². The molecule has 0 aliphatic carbocycles. The van der Waals surface area contributed by atoms with E-state index in [1.807, 2.05) is 24.3 Å². The van der Waals surface area contributed by atoms with E-state index in [4.69, 9.17) is 8.83 Å². The number of rotatable bonds is 10. The average molecular weight is 1550 g/mol. The lowest BCUT2D eigenvalue weighted by Crippen LogP contribution is -1.94. The van der Waals surface area contributed by atoms with Crippen molar-refractivity contribution in [3.63, 3.8) is 0 Å². The summed E-state index contributed by atoms with van der Waals surface area (Å²) in [7, 11) is 0. The number of furan rings is 2. The van der Waals surface area contributed by atoms with E-state index < -0.39 is 0 Å². The molecule has 26 aromatic rings. The lowest BCUT2D eigenvalue weighted by Gasteiger charge is -2.11. The van der Waals surface area contributed by atoms with E-state index in [0.29, 0.717) is 0 Å². The summed E-state index contributed by atoms with van der Waals surface area (Å²) in [6.07, 6.45) is 0. The van der Waals surface area contributed by atoms with Crippen molar-refractivity contribution >= 4 is 153 Å². The fourth-order valence-corrected chi connectivity index (χ4v) is 19.5. The summed E-state index contributed by atoms with van der Waals surface area (Å²) in [4.78, 5) is 0. The van der Waals surface area contributed by atoms with Gasteiger partial charge in [0.1, 0.15) is 22.3 Å². The van der Waals surface area contributed by atoms with E-state index >= 15 is 0 Å². The van der Waals surface area contributed by atoms with Gasteiger partial charge in [-0.3, -0.25) is 0 Å². The van der Waals surface area contributed by atoms with E-state index in [2.05, 4.69) is 431 Å². The van der Waals surface area contributed by atoms with Gasteiger partial charge >= 0.3 is 0 Å². The minimum Gasteiger partial charge on any atom is -0.456 e. The van der Waals surface area contributed by atoms with Gasteiger partial charge in [0, 0.05) is 87.4 Å². The monoisotopic (exact) mass is 1550 g/mol. The Morgan fingerprint density at radius 1 is 0.123 bits per heavy atom. The Labute approximate surface area is 701 Å². The van der Waals surface area contributed by atoms with Crippen molar-refractivity contribution in [1.29, 1.82) is 0 Å². The van der Waals surface area contributed by atoms with Crippen molar-refractivity contribution in [2.75, 3.05) is 0 Å². The van der Waals surface area contributed by atoms with Gasteiger partial charge in [-0.05, 0) is 270 Å². The zero-order valence-corrected chi connectivity index (χ0v) is 66.2. The second-order valence-electron chi connectivity index (χ2n) is 32.3. The first kappa shape index (κ1) is 68.9. The Kier molecular flexibility index (Phi) is 15.6. The zero-order chi connectivity index (χ0) is 80.0. The Hall–Kier alpha value is -16.3. The number of hydrogen-bond donors (Lipinski definition) is 0. The van der Waals surface area contributed by atoms with E-state index in [9.17, 15) is 0 Å². The van der Waals surface area contributed by atoms with E-state index in [1.54, 1.807) is 0 Å². The Balaban J connectivity index is 0.000000134. The predicted octanol–water partition coefficient (Wildman–Crippen LogP) is 31.9. The molecule has 6 aromatic heterocycles. The minimum atomic E-state index is 0.902. The predicted molar refractivity (Wildman–Crippen MR) is 512 cm³/mol. The molecule has 0 spiro atoms. The first-order chi connectivity index (χ1) is 60.4. The van der Waals surface area contributed by atoms with Crippen molar-refractivity contribution in [2.24, 2.45) is 0 Å². The maximum Gasteiger partial charge on any atom is 0.136 e. The van der Waals surface area contributed by atoms with Crippen LogP contribution >= 0.6 is 0 Å². The number of aromatic nitrogens is 4. The molecule has 0 unspecified atom stereocenters. The maximum atomic E-state index is 6.34. The summed E-state index contributed by atoms with van der Waals surface area (Å²) >= 11 is 0. The number of para-hydroxylation sites is 6. The van der Waals surface area contributed by atoms with Crippen LogP contribution in [0, 0.1) is 0 Å². The van der Waals surface area contributed by atoms with Gasteiger partial charge in [0.15, 0.2) is 0 Å². The first-order valence-corrected chi connectivity index (χ1v) is 41.8. The highest BCUT2D eigenvalue weighted by atomic mass is 16.3. The molecule has 6 heteroatoms. The van der Waals surface area contributed by atoms with Crippen LogP contribution in [0.25, 0.3) is 242 Å². The number of nitrogens with zero attached hydrogens (tertiary/aromatic N) is 4. The van der Waals surface area contributed by atoms with Crippen molar-refractivity contribution in [3.8, 4) is 89.5 Å². The molecule has 0 aliphatic rings. The molecule has 6 heterocycles. The van der Waals surface area contributed by atoms with Crippen LogP contribution in [0.3, 0.4) is 0 Å². The first-order valence-electron chi connectivity index (χ1n) is 41.8. The topological polar surface area (TPSA) is 46.0 Å². The molecule has 0 N–H and O–H groups in total. The molecule has 26 rings (SSSR count). The second-order valence-corrected chi connectivity index (χ2v) is 32.3. The van der Waals surface area contributed by atoms with Crippen molar-refractivity contribution in [1.82, 2.24) is 18.3 Å². The minimum absolute atomic E-state index is 0.902. The van der Waals surface area contributed by atoms with Crippen LogP contribution in [-0.2, 0) is 0 Å². The highest BCUT2D eigenvalue weighted by Crippen LogP contribution is 2.45. The summed E-state index contributed by atoms with van der Waals surface area (Å²) in [6, 6.07) is 159. The van der Waals surface area contributed by atoms with Crippen molar-refractivity contribution in [2.45, 2.75) is 0 Å². The largest absolute Gasteiger partial charge is 0.456 e. The molecule has 568 valence electrons. The van der Waals surface area contributed by atoms with Crippen molar-refractivity contribution < 1.29 is 8.83 Å². The van der Waals surface area contributed by atoms with Gasteiger partial charge in [-0.25, -0.2) is 0 Å². The molecule has 0 atom stereocenters. The van der Waals surface area contributed by atoms with Gasteiger partial charge in [-0.1, -0.05) is 255 Å². The van der Waals surface area contributed by atoms with Crippen LogP contribution in [0.4, 0.5) is 0 Å². The van der Waals surface area contributed by atoms with Gasteiger partial charge in [-0.2, -0.15) is 0 Å². The van der Waals surface area contributed by atoms with Crippen LogP contribution in [0.1, 0.15) is 0 Å². The zero-order valence-electron chi connectivity index (χ0n) is 66.2. The van der Waals surface area contributed by atoms with Gasteiger partial charge in [0.05, 0.1) is 44.1 Å². The molecular formula is C116H72N4O2. The third-order valence-corrected chi connectivity index (χ3v) is 25.4. The molecule has 0 radical (unpaired) electrons. The third kappa shape index (κ3) is 11.3. The average Bonchev–Trinajstić information content (AvgIpc) is 1.58. The molecule has 0 aliphatic heterocycles. The molecule has 0 amide bonds. The molecule has 6 nitrogen and oxygen atoms in total. The molecule has 0 fully saturated rings. The number of benzene rings is 20. The highest BCUT2D eigenvalue weighted by Gasteiger charge is 2.22. The fraction of sp³-hybridized carbons (Fsp3) is 0. The van der Waals surface area contributed by atoms with E-state index in [-0.39, 0.29) is 0 Å². The quantitative estimate of drug-likeness (QED) is 0.137. The summed E-state index contributed by atoms with van der Waals surface area (Å²) in [6.45, 7) is 0. The molecule has 122 heavy (non-hydrogen) atoms. The van der Waals surface area contributed by atoms with Crippen LogP contribution in [0.15, 0.2) is 446 Å². The summed E-state index contributed by atoms with van der Waals surface area (Å²) < 4.78 is 22.1. The van der Waals surface area contributed by atoms with E-state index in [0.717, 1.165) is 83.3 Å². The molecular weight excluding hydrogens is 1480 g/mol. The summed E-state index contributed by atoms with van der Waals surface area (Å²) in [5.74, 6) is 0. The SMILES string of the molecule is c1ccc(-n2c3ccccc3c3cc(-c4ccc5c(c4)c4cc(-c6ccc7c(c6)oc6ccccc67)ccc4n5-c4ccc(-c5ccc6ccccc6c5)cc4)ccc32)cc1.c1ccc(-n2c3ccccc3c3cc(-c4ccc5c(c4)c4cc(-c6ccc7oc8ccccc8c7c6)ccc4n5-c4ccc(-c5ccc6ccccc6c5)cc4)ccc32)cc1. The number of fused-ring (bicyclic) bond motifs is 20. The van der Waals surface area contributed by atoms with Gasteiger partial charge in [-0.15, -0.1) is 0 Å². The third-order valence-electron chi connectivity index (χ3n) is 25.4. The molecule has 0 bridgehead atoms. The Morgan fingerprint density at radius 3 is 0.779 bits per heavy atom. The number of hydrogen-bond acceptors (Lipinski definition) is 2. The summed E-state index contributed by atoms with van der Waals surface area (Å²) in [5, 5.41) is 19.4. The van der Waals surface area contributed by atoms with Crippen LogP contribution in [-0.4, -0.2) is 18.3 Å². The Bertz CT molecular complexity index is 8750. The maximum absolute atomic E-state index is 6.34. The van der Waals surface area contributed by atoms with Crippen LogP contribution in [0.5, 0.6) is 0 Å². The molecule has 0 saturated heterocycles. The Morgan fingerprint density at radius 2 is 0.369 bits per heavy atom. The highest BCUT2D eigenvalue weighted by molar-refractivity contribution is 6.17. The van der Waals surface area contributed by atoms with E-state index in [1.165, 1.54) is 159 Å². The van der Waals surface area contributed by atoms with Gasteiger partial charge < -0.3 is 27.1 Å². The fourth-order valence-electron chi connectivity index (χ4n) is 19.5. The molecule has 0 saturated carbocycles. The van der Waals surface area contributed by atoms with Crippen molar-refractivity contribution in [3.05, 3.63) is 437 Å². The standard InChI is InChI=1S/2C58H36N2O/c1-2-12-45(13-3-1)59-53-16-8-6-14-47(53)50-33-41(23-29-54(50)59)42-24-30-55-51(34-42)52-35-43(44-22-28-49-48-15-7-9-17-57(48)61-58(49)36-44)25-31-56(52)60(55)46-26-20-38(21-27-46)40-19-18-37-10-4-5-11-39(37)32-40;1-2-12-45(13-3-1)59-53-16-8-6-14-47(53)49-33-41(22-28-54(49)59)42-23-29-55-50(34-42)51-35-43(44-25-31-58-52(36-44)48-15-7-9-17-57(48)61-58)24-30-56(51)60(55)46-26-20-38(21-27-46)40-19-18-37-10-4-5-11-39(37)32-40/h2*1-36H. The smallest absolute Gasteiger partial charge is 0.136 e. The lowest BCUT2D eigenvalue weighted by molar-refractivity contribution is 0.668. The van der Waals surface area contributed by atoms with Crippen LogP contribution in [0.2, 0.25) is 0 Å². The summed E-state index contributed by atoms with van der Waals surface area (Å²) in [5.41, 5.74) is 31.9. The molecule has 20 aromatic carbocycles. The van der Waals surface area contributed by atoms with Gasteiger partial charge in [0.25, 0.3) is 0 Å². The normalized spacial score (nSPS) is 11.9. The lowest BCUT2D eigenvalue weighted by atomic mass is 9.98. The second kappa shape index (κ2) is 27.7. The van der Waals surface area contributed by atoms with Gasteiger partial charge in [0.2, 0.25) is 0 Å².